The number of aliphatic hydroxyl groups excluding tert-OH is 2. The van der Waals surface area contributed by atoms with E-state index in [2.05, 4.69) is 162 Å². The van der Waals surface area contributed by atoms with Crippen molar-refractivity contribution >= 4 is 40.3 Å². The first-order valence-corrected chi connectivity index (χ1v) is 50.1. The van der Waals surface area contributed by atoms with Crippen LogP contribution in [0.3, 0.4) is 0 Å². The zero-order chi connectivity index (χ0) is 91.8. The predicted octanol–water partition coefficient (Wildman–Crippen LogP) is 23.5. The molecule has 0 aliphatic heterocycles. The third-order valence-corrected chi connectivity index (χ3v) is 31.4. The van der Waals surface area contributed by atoms with Crippen molar-refractivity contribution in [3.05, 3.63) is 257 Å². The third-order valence-electron chi connectivity index (χ3n) is 22.5. The monoisotopic (exact) mass is 1820 g/mol. The average molecular weight is 1830 g/mol. The molecule has 0 amide bonds. The number of methoxy groups -OCH3 is 1. The summed E-state index contributed by atoms with van der Waals surface area (Å²) in [5.74, 6) is 49.0. The second-order valence-electron chi connectivity index (χ2n) is 35.4. The molecular weight excluding hydrogens is 1690 g/mol. The number of Topliss-reactive ketones (excluding diaryl/α,β-unsaturated/α-hetero) is 1. The van der Waals surface area contributed by atoms with Crippen molar-refractivity contribution in [2.45, 2.75) is 256 Å². The van der Waals surface area contributed by atoms with Gasteiger partial charge in [-0.05, 0) is 183 Å². The van der Waals surface area contributed by atoms with E-state index in [1.807, 2.05) is 187 Å². The second kappa shape index (κ2) is 59.3. The zero-order valence-electron chi connectivity index (χ0n) is 79.3. The molecule has 6 aromatic rings. The summed E-state index contributed by atoms with van der Waals surface area (Å²) >= 11 is 0. The van der Waals surface area contributed by atoms with Gasteiger partial charge in [0, 0.05) is 115 Å². The van der Waals surface area contributed by atoms with E-state index < -0.39 is 34.5 Å². The van der Waals surface area contributed by atoms with Gasteiger partial charge in [0.1, 0.15) is 18.8 Å². The zero-order valence-corrected chi connectivity index (χ0v) is 83.5. The summed E-state index contributed by atoms with van der Waals surface area (Å²) in [6, 6.07) is 46.3. The number of esters is 3. The summed E-state index contributed by atoms with van der Waals surface area (Å²) in [6.07, 6.45) is 25.1. The van der Waals surface area contributed by atoms with Crippen LogP contribution in [0.5, 0.6) is 0 Å². The van der Waals surface area contributed by atoms with E-state index in [9.17, 15) is 29.4 Å². The minimum atomic E-state index is -1.89. The van der Waals surface area contributed by atoms with Crippen LogP contribution in [-0.4, -0.2) is 97.3 Å². The van der Waals surface area contributed by atoms with Crippen molar-refractivity contribution in [2.75, 3.05) is 46.8 Å². The fraction of sp³-hybridized carbons (Fsp3) is 0.429. The molecule has 4 saturated carbocycles. The second-order valence-corrected chi connectivity index (χ2v) is 45.0. The number of aliphatic hydroxyl groups is 2. The molecule has 0 atom stereocenters. The summed E-state index contributed by atoms with van der Waals surface area (Å²) < 4.78 is 28.5. The van der Waals surface area contributed by atoms with Crippen LogP contribution in [0.25, 0.3) is 0 Å². The Bertz CT molecular complexity index is 4930. The maximum Gasteiger partial charge on any atom is 0.347 e. The third kappa shape index (κ3) is 44.6. The van der Waals surface area contributed by atoms with Crippen LogP contribution in [0.1, 0.15) is 245 Å². The number of ketones is 1. The Hall–Kier alpha value is -9.85. The van der Waals surface area contributed by atoms with Gasteiger partial charge in [-0.1, -0.05) is 332 Å². The van der Waals surface area contributed by atoms with Crippen LogP contribution >= 0.6 is 0 Å². The van der Waals surface area contributed by atoms with Crippen LogP contribution < -0.4 is 0 Å². The number of allylic oxidation sites excluding steroid dienone is 1. The van der Waals surface area contributed by atoms with Crippen LogP contribution in [0, 0.1) is 148 Å². The van der Waals surface area contributed by atoms with E-state index in [0.29, 0.717) is 47.3 Å². The summed E-state index contributed by atoms with van der Waals surface area (Å²) in [5.41, 5.74) is 15.7. The van der Waals surface area contributed by atoms with Crippen molar-refractivity contribution in [3.8, 4) is 94.7 Å². The van der Waals surface area contributed by atoms with Gasteiger partial charge in [-0.15, -0.1) is 0 Å². The van der Waals surface area contributed by atoms with Gasteiger partial charge in [-0.25, -0.2) is 4.79 Å². The minimum absolute atomic E-state index is 0. The number of ether oxygens (including phenoxy) is 3. The maximum absolute atomic E-state index is 12.2. The Morgan fingerprint density at radius 1 is 0.331 bits per heavy atom. The topological polar surface area (TPSA) is 155 Å². The van der Waals surface area contributed by atoms with Crippen LogP contribution in [-0.2, 0) is 76.4 Å². The predicted molar refractivity (Wildman–Crippen MR) is 519 cm³/mol. The van der Waals surface area contributed by atoms with Gasteiger partial charge in [0.25, 0.3) is 0 Å². The van der Waals surface area contributed by atoms with Gasteiger partial charge < -0.3 is 33.3 Å². The van der Waals surface area contributed by atoms with Crippen molar-refractivity contribution < 1.29 is 86.6 Å². The number of carbonyl (C=O) groups is 4. The quantitative estimate of drug-likeness (QED) is 0.0352. The molecule has 127 heavy (non-hydrogen) atoms. The molecule has 0 aromatic heterocycles. The molecule has 0 unspecified atom stereocenters. The summed E-state index contributed by atoms with van der Waals surface area (Å²) in [6.45, 7) is 39.6. The summed E-state index contributed by atoms with van der Waals surface area (Å²) in [5, 5.41) is 19.4. The molecule has 0 radical (unpaired) electrons. The average Bonchev–Trinajstić information content (AvgIpc) is 1.10. The van der Waals surface area contributed by atoms with E-state index in [4.69, 9.17) is 23.1 Å². The SMILES string of the molecule is C1CCCC1.C1CCCC1.CC(=O)OC/C(C#Cc1ccc(C)cc1)=C(\C#Cc1ccc(C)cc1)COC(C)=O.CC(C)(C)[Si](C)(C)OC/C(C#CC1CCCC1)=C(\C#CC1CCCC1)CO[Si](C)(C)C(C)(C)C.COC(=O)/C(C#Cc1ccc(C)cc1)=C(\C#Cc1ccc(C)cc1)C(C)=O.Cc1ccc(C#C/C(CO)=C(/C#Cc2ccc(C)cc2)CO)cc1.[Fe].[Fe]. The fourth-order valence-corrected chi connectivity index (χ4v) is 14.0. The first-order valence-electron chi connectivity index (χ1n) is 44.3. The van der Waals surface area contributed by atoms with Gasteiger partial charge in [0.05, 0.1) is 50.3 Å². The first-order chi connectivity index (χ1) is 59.5. The van der Waals surface area contributed by atoms with Gasteiger partial charge in [-0.2, -0.15) is 0 Å². The Labute approximate surface area is 787 Å². The Balaban J connectivity index is 0.000000419. The molecule has 6 aromatic carbocycles. The molecule has 0 spiro atoms. The van der Waals surface area contributed by atoms with Gasteiger partial charge >= 0.3 is 17.9 Å². The van der Waals surface area contributed by atoms with Crippen LogP contribution in [0.4, 0.5) is 0 Å². The van der Waals surface area contributed by atoms with E-state index in [1.165, 1.54) is 155 Å². The smallest absolute Gasteiger partial charge is 0.347 e. The number of rotatable bonds is 14. The van der Waals surface area contributed by atoms with Crippen molar-refractivity contribution in [2.24, 2.45) is 11.8 Å². The van der Waals surface area contributed by atoms with Gasteiger partial charge in [0.15, 0.2) is 22.4 Å². The fourth-order valence-electron chi connectivity index (χ4n) is 12.1. The molecule has 0 saturated heterocycles. The Morgan fingerprint density at radius 3 is 0.764 bits per heavy atom. The molecule has 0 bridgehead atoms. The number of hydrogen-bond acceptors (Lipinski definition) is 11. The number of aryl methyl sites for hydroxylation is 6. The normalized spacial score (nSPS) is 13.8. The van der Waals surface area contributed by atoms with Crippen molar-refractivity contribution in [1.82, 2.24) is 0 Å². The minimum Gasteiger partial charge on any atom is -0.465 e. The maximum atomic E-state index is 12.2. The summed E-state index contributed by atoms with van der Waals surface area (Å²) in [7, 11) is -2.54. The molecule has 11 nitrogen and oxygen atoms in total. The van der Waals surface area contributed by atoms with Gasteiger partial charge in [0.2, 0.25) is 0 Å². The molecular formula is C112H136Fe2O11Si2. The van der Waals surface area contributed by atoms with Gasteiger partial charge in [-0.3, -0.25) is 14.4 Å². The molecule has 4 aliphatic rings. The molecule has 0 heterocycles. The molecule has 4 fully saturated rings. The molecule has 10 rings (SSSR count). The number of benzene rings is 6. The molecule has 674 valence electrons. The Morgan fingerprint density at radius 2 is 0.551 bits per heavy atom. The van der Waals surface area contributed by atoms with Crippen LogP contribution in [0.2, 0.25) is 36.3 Å². The standard InChI is InChI=1S/C30H52O2Si2.C26H24O4.C24H20O3.C22H20O2.2C5H10.2Fe/c1-29(2,3)33(7,8)31-23-27(21-19-25-15-11-12-16-25)28(22-20-26-17-13-14-18-26)24-32-34(9,10)30(4,5)6;1-19-5-9-23(10-6-19)13-15-25(17-29-21(3)27)26(18-30-22(4)28)16-14-24-11-7-20(2)8-12-24;1-17-5-9-20(10-6-17)13-15-22(19(3)25)23(24(26)27-4)16-14-21-11-7-18(2)8-12-21;1-17-3-7-19(8-4-17)11-13-21(15-23)22(16-24)14-12-20-9-5-18(2)6-10-20;2*1-2-4-5-3-1;;/h25-26H,11-18,23-24H2,1-10H3;5-12H,17-18H2,1-4H3;5-12H,1-4H3;3-10,23-24H,15-16H2,1-2H3;2*1-5H2;;/b28-27+;26-25+;23-22+;22-21+;;;;. The van der Waals surface area contributed by atoms with Crippen molar-refractivity contribution in [3.63, 3.8) is 0 Å². The first kappa shape index (κ1) is 111. The summed E-state index contributed by atoms with van der Waals surface area (Å²) in [4.78, 5) is 47.0. The van der Waals surface area contributed by atoms with E-state index >= 15 is 0 Å². The molecule has 15 heteroatoms. The molecule has 2 N–H and O–H groups in total. The van der Waals surface area contributed by atoms with E-state index in [1.54, 1.807) is 0 Å². The Kier molecular flexibility index (Phi) is 52.0. The molecule has 4 aliphatic carbocycles. The number of hydrogen-bond donors (Lipinski definition) is 2. The van der Waals surface area contributed by atoms with Crippen molar-refractivity contribution in [1.29, 1.82) is 0 Å². The number of carbonyl (C=O) groups excluding carboxylic acids is 4. The largest absolute Gasteiger partial charge is 0.465 e. The van der Waals surface area contributed by atoms with E-state index in [0.717, 1.165) is 66.8 Å². The van der Waals surface area contributed by atoms with Crippen LogP contribution in [0.15, 0.2) is 190 Å². The van der Waals surface area contributed by atoms with E-state index in [-0.39, 0.29) is 87.6 Å².